The van der Waals surface area contributed by atoms with Gasteiger partial charge in [-0.2, -0.15) is 0 Å². The Morgan fingerprint density at radius 2 is 1.93 bits per heavy atom. The predicted molar refractivity (Wildman–Crippen MR) is 112 cm³/mol. The molecule has 1 saturated heterocycles. The van der Waals surface area contributed by atoms with Crippen molar-refractivity contribution >= 4 is 17.2 Å². The maximum Gasteiger partial charge on any atom is 0.273 e. The number of amides is 1. The molecule has 0 aliphatic carbocycles. The van der Waals surface area contributed by atoms with Gasteiger partial charge in [0.25, 0.3) is 5.91 Å². The Morgan fingerprint density at radius 3 is 2.73 bits per heavy atom. The van der Waals surface area contributed by atoms with Gasteiger partial charge in [-0.1, -0.05) is 12.1 Å². The number of piperazine rings is 1. The number of carbonyl (C=O) groups is 1. The summed E-state index contributed by atoms with van der Waals surface area (Å²) in [4.78, 5) is 21.2. The molecule has 2 aromatic carbocycles. The molecule has 8 heteroatoms. The van der Waals surface area contributed by atoms with E-state index in [1.807, 2.05) is 18.0 Å². The third kappa shape index (κ3) is 4.66. The highest BCUT2D eigenvalue weighted by Gasteiger charge is 2.22. The zero-order valence-corrected chi connectivity index (χ0v) is 17.3. The van der Waals surface area contributed by atoms with Crippen molar-refractivity contribution in [3.8, 4) is 16.3 Å². The van der Waals surface area contributed by atoms with Gasteiger partial charge in [0.05, 0.1) is 0 Å². The Morgan fingerprint density at radius 1 is 1.13 bits per heavy atom. The highest BCUT2D eigenvalue weighted by atomic mass is 32.1. The molecule has 1 aromatic heterocycles. The number of rotatable bonds is 5. The molecule has 0 unspecified atom stereocenters. The average Bonchev–Trinajstić information content (AvgIpc) is 3.25. The molecule has 3 aromatic rings. The number of benzene rings is 2. The summed E-state index contributed by atoms with van der Waals surface area (Å²) in [6, 6.07) is 10.5. The Labute approximate surface area is 177 Å². The normalized spacial score (nSPS) is 14.7. The van der Waals surface area contributed by atoms with Gasteiger partial charge in [0, 0.05) is 42.7 Å². The Kier molecular flexibility index (Phi) is 6.06. The van der Waals surface area contributed by atoms with Crippen LogP contribution in [0, 0.1) is 11.6 Å². The lowest BCUT2D eigenvalue weighted by Crippen LogP contribution is -2.47. The van der Waals surface area contributed by atoms with Gasteiger partial charge in [-0.25, -0.2) is 13.8 Å². The van der Waals surface area contributed by atoms with E-state index in [1.54, 1.807) is 23.6 Å². The van der Waals surface area contributed by atoms with Crippen LogP contribution in [0.3, 0.4) is 0 Å². The summed E-state index contributed by atoms with van der Waals surface area (Å²) in [5.74, 6) is -0.568. The number of aromatic nitrogens is 1. The fourth-order valence-corrected chi connectivity index (χ4v) is 4.00. The summed E-state index contributed by atoms with van der Waals surface area (Å²) >= 11 is 1.39. The molecule has 0 atom stereocenters. The second kappa shape index (κ2) is 8.89. The molecule has 30 heavy (non-hydrogen) atoms. The fraction of sp³-hybridized carbons (Fsp3) is 0.273. The molecule has 1 aliphatic rings. The lowest BCUT2D eigenvalue weighted by molar-refractivity contribution is 0.0659. The van der Waals surface area contributed by atoms with Gasteiger partial charge >= 0.3 is 0 Å². The van der Waals surface area contributed by atoms with Crippen LogP contribution in [0.25, 0.3) is 10.6 Å². The maximum absolute atomic E-state index is 13.8. The number of thiazole rings is 1. The van der Waals surface area contributed by atoms with Gasteiger partial charge in [0.15, 0.2) is 0 Å². The summed E-state index contributed by atoms with van der Waals surface area (Å²) in [6.07, 6.45) is 0. The highest BCUT2D eigenvalue weighted by molar-refractivity contribution is 7.13. The second-order valence-electron chi connectivity index (χ2n) is 7.19. The Balaban J connectivity index is 1.45. The van der Waals surface area contributed by atoms with Crippen LogP contribution < -0.4 is 4.74 Å². The lowest BCUT2D eigenvalue weighted by atomic mass is 10.2. The monoisotopic (exact) mass is 429 g/mol. The van der Waals surface area contributed by atoms with Crippen molar-refractivity contribution in [1.29, 1.82) is 0 Å². The molecule has 0 radical (unpaired) electrons. The highest BCUT2D eigenvalue weighted by Crippen LogP contribution is 2.28. The molecule has 2 heterocycles. The summed E-state index contributed by atoms with van der Waals surface area (Å²) in [7, 11) is 2.04. The number of likely N-dealkylation sites (N-methyl/N-ethyl adjacent to an activating group) is 1. The first kappa shape index (κ1) is 20.4. The van der Waals surface area contributed by atoms with E-state index >= 15 is 0 Å². The van der Waals surface area contributed by atoms with E-state index in [-0.39, 0.29) is 18.1 Å². The van der Waals surface area contributed by atoms with Gasteiger partial charge in [-0.15, -0.1) is 11.3 Å². The average molecular weight is 429 g/mol. The Bertz CT molecular complexity index is 1050. The van der Waals surface area contributed by atoms with Crippen molar-refractivity contribution in [3.05, 3.63) is 70.7 Å². The molecule has 0 spiro atoms. The van der Waals surface area contributed by atoms with Crippen LogP contribution in [0.2, 0.25) is 0 Å². The number of hydrogen-bond donors (Lipinski definition) is 0. The van der Waals surface area contributed by atoms with E-state index in [4.69, 9.17) is 4.74 Å². The van der Waals surface area contributed by atoms with Crippen LogP contribution in [0.1, 0.15) is 16.1 Å². The molecule has 1 aliphatic heterocycles. The maximum atomic E-state index is 13.8. The molecule has 156 valence electrons. The Hall–Kier alpha value is -2.84. The van der Waals surface area contributed by atoms with Crippen molar-refractivity contribution in [3.63, 3.8) is 0 Å². The van der Waals surface area contributed by atoms with Crippen LogP contribution in [-0.4, -0.2) is 53.9 Å². The number of halogens is 2. The van der Waals surface area contributed by atoms with Gasteiger partial charge in [-0.3, -0.25) is 4.79 Å². The summed E-state index contributed by atoms with van der Waals surface area (Å²) in [5, 5.41) is 2.47. The third-order valence-corrected chi connectivity index (χ3v) is 5.89. The molecule has 0 bridgehead atoms. The first-order chi connectivity index (χ1) is 14.5. The SMILES string of the molecule is CN1CCN(C(=O)c2csc(-c3cccc(OCc4cc(F)ccc4F)c3)n2)CC1. The summed E-state index contributed by atoms with van der Waals surface area (Å²) < 4.78 is 32.7. The zero-order valence-electron chi connectivity index (χ0n) is 16.5. The summed E-state index contributed by atoms with van der Waals surface area (Å²) in [6.45, 7) is 3.02. The van der Waals surface area contributed by atoms with Crippen molar-refractivity contribution in [2.75, 3.05) is 33.2 Å². The van der Waals surface area contributed by atoms with Gasteiger partial charge in [0.1, 0.15) is 34.7 Å². The zero-order chi connectivity index (χ0) is 21.1. The largest absolute Gasteiger partial charge is 0.489 e. The quantitative estimate of drug-likeness (QED) is 0.614. The first-order valence-corrected chi connectivity index (χ1v) is 10.5. The minimum atomic E-state index is -0.514. The molecule has 1 amide bonds. The number of nitrogens with zero attached hydrogens (tertiary/aromatic N) is 3. The predicted octanol–water partition coefficient (Wildman–Crippen LogP) is 4.05. The van der Waals surface area contributed by atoms with Crippen molar-refractivity contribution in [2.24, 2.45) is 0 Å². The van der Waals surface area contributed by atoms with E-state index in [9.17, 15) is 13.6 Å². The lowest BCUT2D eigenvalue weighted by Gasteiger charge is -2.31. The van der Waals surface area contributed by atoms with Crippen molar-refractivity contribution in [1.82, 2.24) is 14.8 Å². The molecular formula is C22H21F2N3O2S. The van der Waals surface area contributed by atoms with Gasteiger partial charge in [-0.05, 0) is 37.4 Å². The molecule has 4 rings (SSSR count). The molecule has 5 nitrogen and oxygen atoms in total. The van der Waals surface area contributed by atoms with Crippen molar-refractivity contribution in [2.45, 2.75) is 6.61 Å². The van der Waals surface area contributed by atoms with Crippen LogP contribution in [0.5, 0.6) is 5.75 Å². The number of hydrogen-bond acceptors (Lipinski definition) is 5. The third-order valence-electron chi connectivity index (χ3n) is 5.00. The first-order valence-electron chi connectivity index (χ1n) is 9.60. The number of carbonyl (C=O) groups excluding carboxylic acids is 1. The molecule has 0 saturated carbocycles. The van der Waals surface area contributed by atoms with E-state index in [0.29, 0.717) is 29.5 Å². The fourth-order valence-electron chi connectivity index (χ4n) is 3.21. The summed E-state index contributed by atoms with van der Waals surface area (Å²) in [5.41, 5.74) is 1.39. The minimum Gasteiger partial charge on any atom is -0.489 e. The van der Waals surface area contributed by atoms with E-state index in [0.717, 1.165) is 36.9 Å². The standard InChI is InChI=1S/C22H21F2N3O2S/c1-26-7-9-27(10-8-26)22(28)20-14-30-21(25-20)15-3-2-4-18(12-15)29-13-16-11-17(23)5-6-19(16)24/h2-6,11-12,14H,7-10,13H2,1H3. The van der Waals surface area contributed by atoms with E-state index < -0.39 is 11.6 Å². The van der Waals surface area contributed by atoms with Crippen molar-refractivity contribution < 1.29 is 18.3 Å². The topological polar surface area (TPSA) is 45.7 Å². The smallest absolute Gasteiger partial charge is 0.273 e. The van der Waals surface area contributed by atoms with Crippen LogP contribution in [0.4, 0.5) is 8.78 Å². The van der Waals surface area contributed by atoms with Crippen LogP contribution in [0.15, 0.2) is 47.8 Å². The molecular weight excluding hydrogens is 408 g/mol. The minimum absolute atomic E-state index is 0.0559. The van der Waals surface area contributed by atoms with Crippen LogP contribution in [-0.2, 0) is 6.61 Å². The number of ether oxygens (including phenoxy) is 1. The van der Waals surface area contributed by atoms with Gasteiger partial charge in [0.2, 0.25) is 0 Å². The molecule has 0 N–H and O–H groups in total. The van der Waals surface area contributed by atoms with Crippen LogP contribution >= 0.6 is 11.3 Å². The molecule has 1 fully saturated rings. The van der Waals surface area contributed by atoms with E-state index in [2.05, 4.69) is 9.88 Å². The van der Waals surface area contributed by atoms with E-state index in [1.165, 1.54) is 11.3 Å². The van der Waals surface area contributed by atoms with Gasteiger partial charge < -0.3 is 14.5 Å². The second-order valence-corrected chi connectivity index (χ2v) is 8.04.